The molecular weight excluding hydrogens is 214 g/mol. The average molecular weight is 237 g/mol. The molecule has 0 bridgehead atoms. The van der Waals surface area contributed by atoms with Crippen LogP contribution < -0.4 is 5.73 Å². The molecule has 17 heavy (non-hydrogen) atoms. The SMILES string of the molecule is CCC1CCC(C#N)C(N(CC)CC(N)=O)C1. The molecule has 1 amide bonds. The van der Waals surface area contributed by atoms with Crippen LogP contribution in [0.5, 0.6) is 0 Å². The Kier molecular flexibility index (Phi) is 5.43. The van der Waals surface area contributed by atoms with Crippen molar-refractivity contribution < 1.29 is 4.79 Å². The van der Waals surface area contributed by atoms with Gasteiger partial charge in [-0.05, 0) is 31.7 Å². The van der Waals surface area contributed by atoms with Crippen molar-refractivity contribution in [2.45, 2.75) is 45.6 Å². The van der Waals surface area contributed by atoms with E-state index >= 15 is 0 Å². The first kappa shape index (κ1) is 14.0. The normalized spacial score (nSPS) is 28.9. The maximum Gasteiger partial charge on any atom is 0.231 e. The van der Waals surface area contributed by atoms with Crippen molar-refractivity contribution in [1.29, 1.82) is 5.26 Å². The summed E-state index contributed by atoms with van der Waals surface area (Å²) in [5.74, 6) is 0.436. The first-order valence-corrected chi connectivity index (χ1v) is 6.54. The number of hydrogen-bond acceptors (Lipinski definition) is 3. The Bertz CT molecular complexity index is 298. The van der Waals surface area contributed by atoms with Crippen molar-refractivity contribution in [3.63, 3.8) is 0 Å². The van der Waals surface area contributed by atoms with E-state index in [1.165, 1.54) is 0 Å². The Morgan fingerprint density at radius 3 is 2.65 bits per heavy atom. The van der Waals surface area contributed by atoms with E-state index in [2.05, 4.69) is 17.9 Å². The highest BCUT2D eigenvalue weighted by atomic mass is 16.1. The molecule has 3 unspecified atom stereocenters. The molecule has 0 aromatic rings. The van der Waals surface area contributed by atoms with Gasteiger partial charge < -0.3 is 5.73 Å². The molecule has 0 saturated heterocycles. The van der Waals surface area contributed by atoms with Crippen LogP contribution in [-0.4, -0.2) is 29.9 Å². The Morgan fingerprint density at radius 2 is 2.18 bits per heavy atom. The molecule has 4 heteroatoms. The molecule has 1 aliphatic carbocycles. The molecule has 1 rings (SSSR count). The van der Waals surface area contributed by atoms with Crippen molar-refractivity contribution in [3.8, 4) is 6.07 Å². The van der Waals surface area contributed by atoms with Gasteiger partial charge in [-0.25, -0.2) is 0 Å². The lowest BCUT2D eigenvalue weighted by atomic mass is 9.77. The number of carbonyl (C=O) groups excluding carboxylic acids is 1. The van der Waals surface area contributed by atoms with Crippen LogP contribution in [0.2, 0.25) is 0 Å². The van der Waals surface area contributed by atoms with Gasteiger partial charge in [0.1, 0.15) is 0 Å². The third-order valence-corrected chi connectivity index (χ3v) is 3.90. The van der Waals surface area contributed by atoms with Crippen LogP contribution >= 0.6 is 0 Å². The highest BCUT2D eigenvalue weighted by Gasteiger charge is 2.33. The Morgan fingerprint density at radius 1 is 1.47 bits per heavy atom. The Labute approximate surface area is 104 Å². The lowest BCUT2D eigenvalue weighted by Crippen LogP contribution is -2.47. The van der Waals surface area contributed by atoms with Gasteiger partial charge >= 0.3 is 0 Å². The van der Waals surface area contributed by atoms with Crippen LogP contribution in [0.4, 0.5) is 0 Å². The van der Waals surface area contributed by atoms with E-state index in [1.807, 2.05) is 6.92 Å². The van der Waals surface area contributed by atoms with Crippen LogP contribution in [0, 0.1) is 23.2 Å². The van der Waals surface area contributed by atoms with Gasteiger partial charge in [0.05, 0.1) is 18.5 Å². The molecular formula is C13H23N3O. The number of primary amides is 1. The minimum atomic E-state index is -0.304. The van der Waals surface area contributed by atoms with Gasteiger partial charge in [-0.15, -0.1) is 0 Å². The van der Waals surface area contributed by atoms with Crippen molar-refractivity contribution in [1.82, 2.24) is 4.90 Å². The minimum absolute atomic E-state index is 0.0529. The highest BCUT2D eigenvalue weighted by molar-refractivity contribution is 5.75. The first-order chi connectivity index (χ1) is 8.12. The number of hydrogen-bond donors (Lipinski definition) is 1. The van der Waals surface area contributed by atoms with Crippen molar-refractivity contribution in [2.75, 3.05) is 13.1 Å². The van der Waals surface area contributed by atoms with Gasteiger partial charge in [0.25, 0.3) is 0 Å². The number of nitriles is 1. The second-order valence-electron chi connectivity index (χ2n) is 4.92. The summed E-state index contributed by atoms with van der Waals surface area (Å²) in [7, 11) is 0. The zero-order valence-electron chi connectivity index (χ0n) is 10.9. The predicted molar refractivity (Wildman–Crippen MR) is 67.0 cm³/mol. The smallest absolute Gasteiger partial charge is 0.231 e. The lowest BCUT2D eigenvalue weighted by molar-refractivity contribution is -0.120. The monoisotopic (exact) mass is 237 g/mol. The fourth-order valence-electron chi connectivity index (χ4n) is 2.82. The number of amides is 1. The largest absolute Gasteiger partial charge is 0.369 e. The van der Waals surface area contributed by atoms with Gasteiger partial charge in [-0.1, -0.05) is 20.3 Å². The Balaban J connectivity index is 2.73. The van der Waals surface area contributed by atoms with Gasteiger partial charge in [0.15, 0.2) is 0 Å². The number of nitrogens with zero attached hydrogens (tertiary/aromatic N) is 2. The molecule has 0 spiro atoms. The molecule has 1 saturated carbocycles. The summed E-state index contributed by atoms with van der Waals surface area (Å²) in [6.07, 6.45) is 4.27. The maximum atomic E-state index is 11.1. The van der Waals surface area contributed by atoms with E-state index in [4.69, 9.17) is 5.73 Å². The summed E-state index contributed by atoms with van der Waals surface area (Å²) in [4.78, 5) is 13.1. The van der Waals surface area contributed by atoms with Crippen molar-refractivity contribution >= 4 is 5.91 Å². The summed E-state index contributed by atoms with van der Waals surface area (Å²) < 4.78 is 0. The van der Waals surface area contributed by atoms with E-state index in [0.29, 0.717) is 5.92 Å². The van der Waals surface area contributed by atoms with Gasteiger partial charge in [0, 0.05) is 6.04 Å². The number of likely N-dealkylation sites (N-methyl/N-ethyl adjacent to an activating group) is 1. The van der Waals surface area contributed by atoms with Crippen LogP contribution in [0.25, 0.3) is 0 Å². The Hall–Kier alpha value is -1.08. The predicted octanol–water partition coefficient (Wildman–Crippen LogP) is 1.51. The molecule has 2 N–H and O–H groups in total. The summed E-state index contributed by atoms with van der Waals surface area (Å²) in [6.45, 7) is 5.27. The third-order valence-electron chi connectivity index (χ3n) is 3.90. The number of nitrogens with two attached hydrogens (primary N) is 1. The maximum absolute atomic E-state index is 11.1. The average Bonchev–Trinajstić information content (AvgIpc) is 2.34. The van der Waals surface area contributed by atoms with E-state index in [0.717, 1.165) is 32.2 Å². The standard InChI is InChI=1S/C13H23N3O/c1-3-10-5-6-11(8-14)12(7-10)16(4-2)9-13(15)17/h10-12H,3-7,9H2,1-2H3,(H2,15,17). The zero-order chi connectivity index (χ0) is 12.8. The molecule has 1 fully saturated rings. The first-order valence-electron chi connectivity index (χ1n) is 6.54. The highest BCUT2D eigenvalue weighted by Crippen LogP contribution is 2.33. The van der Waals surface area contributed by atoms with Crippen molar-refractivity contribution in [2.24, 2.45) is 17.6 Å². The molecule has 4 nitrogen and oxygen atoms in total. The quantitative estimate of drug-likeness (QED) is 0.788. The minimum Gasteiger partial charge on any atom is -0.369 e. The lowest BCUT2D eigenvalue weighted by Gasteiger charge is -2.39. The number of carbonyl (C=O) groups is 1. The van der Waals surface area contributed by atoms with Gasteiger partial charge in [-0.3, -0.25) is 9.69 Å². The summed E-state index contributed by atoms with van der Waals surface area (Å²) >= 11 is 0. The molecule has 0 aromatic heterocycles. The molecule has 0 radical (unpaired) electrons. The molecule has 0 aliphatic heterocycles. The molecule has 96 valence electrons. The second kappa shape index (κ2) is 6.61. The van der Waals surface area contributed by atoms with Gasteiger partial charge in [0.2, 0.25) is 5.91 Å². The molecule has 0 aromatic carbocycles. The summed E-state index contributed by atoms with van der Waals surface area (Å²) in [6, 6.07) is 2.60. The van der Waals surface area contributed by atoms with Crippen LogP contribution in [0.1, 0.15) is 39.5 Å². The molecule has 0 heterocycles. The van der Waals surface area contributed by atoms with E-state index in [9.17, 15) is 10.1 Å². The van der Waals surface area contributed by atoms with Crippen LogP contribution in [-0.2, 0) is 4.79 Å². The van der Waals surface area contributed by atoms with E-state index in [-0.39, 0.29) is 24.4 Å². The van der Waals surface area contributed by atoms with Crippen LogP contribution in [0.15, 0.2) is 0 Å². The van der Waals surface area contributed by atoms with Crippen LogP contribution in [0.3, 0.4) is 0 Å². The third kappa shape index (κ3) is 3.71. The van der Waals surface area contributed by atoms with E-state index in [1.54, 1.807) is 0 Å². The second-order valence-corrected chi connectivity index (χ2v) is 4.92. The zero-order valence-corrected chi connectivity index (χ0v) is 10.9. The summed E-state index contributed by atoms with van der Waals surface area (Å²) in [5.41, 5.74) is 5.27. The fraction of sp³-hybridized carbons (Fsp3) is 0.846. The molecule has 1 aliphatic rings. The molecule has 3 atom stereocenters. The number of rotatable bonds is 5. The fourth-order valence-corrected chi connectivity index (χ4v) is 2.82. The van der Waals surface area contributed by atoms with Crippen molar-refractivity contribution in [3.05, 3.63) is 0 Å². The van der Waals surface area contributed by atoms with E-state index < -0.39 is 0 Å². The summed E-state index contributed by atoms with van der Waals surface area (Å²) in [5, 5.41) is 9.21. The topological polar surface area (TPSA) is 70.1 Å². The van der Waals surface area contributed by atoms with Gasteiger partial charge in [-0.2, -0.15) is 5.26 Å².